The zero-order chi connectivity index (χ0) is 25.2. The molecule has 3 aromatic carbocycles. The number of hydrogen-bond donors (Lipinski definition) is 3. The van der Waals surface area contributed by atoms with E-state index in [4.69, 9.17) is 0 Å². The fourth-order valence-electron chi connectivity index (χ4n) is 4.20. The molecule has 0 spiro atoms. The highest BCUT2D eigenvalue weighted by Crippen LogP contribution is 2.32. The highest BCUT2D eigenvalue weighted by molar-refractivity contribution is 7.22. The molecule has 9 heteroatoms. The Kier molecular flexibility index (Phi) is 6.65. The van der Waals surface area contributed by atoms with E-state index in [-0.39, 0.29) is 11.5 Å². The Labute approximate surface area is 210 Å². The molecule has 0 aliphatic heterocycles. The van der Waals surface area contributed by atoms with Gasteiger partial charge in [-0.05, 0) is 65.9 Å². The van der Waals surface area contributed by atoms with E-state index in [1.807, 2.05) is 0 Å². The van der Waals surface area contributed by atoms with Gasteiger partial charge in [0, 0.05) is 5.56 Å². The number of benzene rings is 3. The predicted molar refractivity (Wildman–Crippen MR) is 136 cm³/mol. The van der Waals surface area contributed by atoms with E-state index in [1.54, 1.807) is 42.5 Å². The van der Waals surface area contributed by atoms with Crippen molar-refractivity contribution in [3.8, 4) is 11.1 Å². The van der Waals surface area contributed by atoms with Crippen molar-refractivity contribution in [2.45, 2.75) is 31.7 Å². The molecule has 1 heterocycles. The minimum Gasteiger partial charge on any atom is -0.480 e. The van der Waals surface area contributed by atoms with Crippen LogP contribution in [0.2, 0.25) is 0 Å². The topological polar surface area (TPSA) is 91.3 Å². The number of aliphatic carboxylic acids is 1. The monoisotopic (exact) mass is 507 g/mol. The van der Waals surface area contributed by atoms with Gasteiger partial charge in [0.25, 0.3) is 5.91 Å². The Morgan fingerprint density at radius 3 is 2.44 bits per heavy atom. The second-order valence-corrected chi connectivity index (χ2v) is 9.96. The van der Waals surface area contributed by atoms with Gasteiger partial charge in [0.2, 0.25) is 0 Å². The molecule has 1 aliphatic rings. The van der Waals surface area contributed by atoms with Crippen molar-refractivity contribution in [2.24, 2.45) is 5.92 Å². The summed E-state index contributed by atoms with van der Waals surface area (Å²) in [5, 5.41) is 15.5. The molecule has 1 atom stereocenters. The summed E-state index contributed by atoms with van der Waals surface area (Å²) >= 11 is 1.23. The van der Waals surface area contributed by atoms with Gasteiger partial charge < -0.3 is 15.7 Å². The van der Waals surface area contributed by atoms with Crippen LogP contribution in [0.25, 0.3) is 21.3 Å². The molecule has 0 saturated heterocycles. The van der Waals surface area contributed by atoms with Crippen molar-refractivity contribution in [3.63, 3.8) is 0 Å². The maximum Gasteiger partial charge on any atom is 0.326 e. The molecule has 0 unspecified atom stereocenters. The number of carbonyl (C=O) groups is 2. The smallest absolute Gasteiger partial charge is 0.326 e. The van der Waals surface area contributed by atoms with Crippen molar-refractivity contribution in [3.05, 3.63) is 77.9 Å². The van der Waals surface area contributed by atoms with Gasteiger partial charge in [-0.15, -0.1) is 0 Å². The molecular weight excluding hydrogens is 484 g/mol. The fourth-order valence-corrected chi connectivity index (χ4v) is 5.11. The van der Waals surface area contributed by atoms with Crippen LogP contribution in [-0.4, -0.2) is 28.0 Å². The Bertz CT molecular complexity index is 1430. The number of nitrogens with one attached hydrogen (secondary N) is 2. The third kappa shape index (κ3) is 5.21. The number of carboxylic acids is 1. The Balaban J connectivity index is 1.26. The minimum atomic E-state index is -1.03. The average molecular weight is 508 g/mol. The number of aromatic nitrogens is 1. The second kappa shape index (κ2) is 10.0. The van der Waals surface area contributed by atoms with Gasteiger partial charge in [0.1, 0.15) is 17.7 Å². The van der Waals surface area contributed by atoms with Crippen molar-refractivity contribution in [1.82, 2.24) is 10.3 Å². The molecule has 1 saturated carbocycles. The van der Waals surface area contributed by atoms with Crippen molar-refractivity contribution in [2.75, 3.05) is 5.32 Å². The number of nitrogens with zero attached hydrogens (tertiary/aromatic N) is 1. The summed E-state index contributed by atoms with van der Waals surface area (Å²) in [6.07, 6.45) is 3.54. The molecule has 6 nitrogen and oxygen atoms in total. The normalized spacial score (nSPS) is 14.3. The molecule has 5 rings (SSSR count). The van der Waals surface area contributed by atoms with Crippen LogP contribution in [0, 0.1) is 17.6 Å². The van der Waals surface area contributed by atoms with Gasteiger partial charge in [0.05, 0.1) is 15.9 Å². The molecule has 36 heavy (non-hydrogen) atoms. The van der Waals surface area contributed by atoms with Gasteiger partial charge >= 0.3 is 5.97 Å². The quantitative estimate of drug-likeness (QED) is 0.258. The molecule has 0 bridgehead atoms. The zero-order valence-electron chi connectivity index (χ0n) is 19.1. The maximum atomic E-state index is 14.8. The lowest BCUT2D eigenvalue weighted by Gasteiger charge is -2.28. The van der Waals surface area contributed by atoms with Crippen LogP contribution in [0.15, 0.2) is 60.7 Å². The van der Waals surface area contributed by atoms with E-state index in [2.05, 4.69) is 15.6 Å². The van der Waals surface area contributed by atoms with E-state index < -0.39 is 23.7 Å². The van der Waals surface area contributed by atoms with Gasteiger partial charge in [-0.25, -0.2) is 18.6 Å². The number of halogens is 2. The number of amides is 1. The van der Waals surface area contributed by atoms with E-state index in [0.717, 1.165) is 19.3 Å². The summed E-state index contributed by atoms with van der Waals surface area (Å²) in [6, 6.07) is 14.7. The number of fused-ring (bicyclic) bond motifs is 1. The van der Waals surface area contributed by atoms with Crippen LogP contribution in [-0.2, 0) is 4.79 Å². The highest BCUT2D eigenvalue weighted by Gasteiger charge is 2.27. The van der Waals surface area contributed by atoms with Crippen LogP contribution < -0.4 is 10.6 Å². The van der Waals surface area contributed by atoms with Gasteiger partial charge in [-0.1, -0.05) is 48.8 Å². The number of rotatable bonds is 8. The van der Waals surface area contributed by atoms with Gasteiger partial charge in [0.15, 0.2) is 5.13 Å². The SMILES string of the molecule is O=C(N[C@@H](CC1CCC1)C(=O)O)c1ccc(-c2ccc(Nc3nc4ccc(F)cc4s3)c(F)c2)cc1. The number of carbonyl (C=O) groups excluding carboxylic acids is 1. The van der Waals surface area contributed by atoms with Crippen molar-refractivity contribution < 1.29 is 23.5 Å². The summed E-state index contributed by atoms with van der Waals surface area (Å²) in [4.78, 5) is 28.5. The fraction of sp³-hybridized carbons (Fsp3) is 0.222. The van der Waals surface area contributed by atoms with Crippen LogP contribution >= 0.6 is 11.3 Å². The Morgan fingerprint density at radius 2 is 1.78 bits per heavy atom. The molecule has 1 fully saturated rings. The molecular formula is C27H23F2N3O3S. The summed E-state index contributed by atoms with van der Waals surface area (Å²) in [6.45, 7) is 0. The Morgan fingerprint density at radius 1 is 1.03 bits per heavy atom. The van der Waals surface area contributed by atoms with Crippen molar-refractivity contribution in [1.29, 1.82) is 0 Å². The number of anilines is 2. The zero-order valence-corrected chi connectivity index (χ0v) is 19.9. The van der Waals surface area contributed by atoms with Crippen molar-refractivity contribution >= 4 is 44.2 Å². The first-order valence-corrected chi connectivity index (χ1v) is 12.4. The molecule has 1 aliphatic carbocycles. The van der Waals surface area contributed by atoms with Gasteiger partial charge in [-0.3, -0.25) is 4.79 Å². The summed E-state index contributed by atoms with van der Waals surface area (Å²) in [5.74, 6) is -1.98. The molecule has 184 valence electrons. The maximum absolute atomic E-state index is 14.8. The lowest BCUT2D eigenvalue weighted by molar-refractivity contribution is -0.139. The minimum absolute atomic E-state index is 0.237. The first-order chi connectivity index (χ1) is 17.4. The predicted octanol–water partition coefficient (Wildman–Crippen LogP) is 6.36. The number of thiazole rings is 1. The average Bonchev–Trinajstić information content (AvgIpc) is 3.23. The van der Waals surface area contributed by atoms with Crippen LogP contribution in [0.3, 0.4) is 0 Å². The Hall–Kier alpha value is -3.85. The van der Waals surface area contributed by atoms with Crippen LogP contribution in [0.4, 0.5) is 19.6 Å². The number of hydrogen-bond acceptors (Lipinski definition) is 5. The standard InChI is InChI=1S/C27H23F2N3O3S/c28-19-9-11-22-24(14-19)36-27(32-22)31-21-10-8-18(13-20(21)29)16-4-6-17(7-5-16)25(33)30-23(26(34)35)12-15-2-1-3-15/h4-11,13-15,23H,1-3,12H2,(H,30,33)(H,31,32)(H,34,35)/t23-/m0/s1. The summed E-state index contributed by atoms with van der Waals surface area (Å²) < 4.78 is 28.9. The molecule has 4 aromatic rings. The van der Waals surface area contributed by atoms with E-state index in [9.17, 15) is 23.5 Å². The summed E-state index contributed by atoms with van der Waals surface area (Å²) in [5.41, 5.74) is 2.52. The first kappa shape index (κ1) is 23.9. The van der Waals surface area contributed by atoms with E-state index >= 15 is 0 Å². The molecule has 0 radical (unpaired) electrons. The molecule has 3 N–H and O–H groups in total. The summed E-state index contributed by atoms with van der Waals surface area (Å²) in [7, 11) is 0. The first-order valence-electron chi connectivity index (χ1n) is 11.6. The lowest BCUT2D eigenvalue weighted by atomic mass is 9.81. The molecule has 1 amide bonds. The van der Waals surface area contributed by atoms with Crippen LogP contribution in [0.5, 0.6) is 0 Å². The van der Waals surface area contributed by atoms with Gasteiger partial charge in [-0.2, -0.15) is 0 Å². The molecule has 1 aromatic heterocycles. The largest absolute Gasteiger partial charge is 0.480 e. The van der Waals surface area contributed by atoms with E-state index in [0.29, 0.717) is 44.4 Å². The highest BCUT2D eigenvalue weighted by atomic mass is 32.1. The third-order valence-corrected chi connectivity index (χ3v) is 7.37. The van der Waals surface area contributed by atoms with E-state index in [1.165, 1.54) is 29.5 Å². The second-order valence-electron chi connectivity index (χ2n) is 8.92. The third-order valence-electron chi connectivity index (χ3n) is 6.44. The number of carboxylic acid groups (broad SMARTS) is 1. The lowest BCUT2D eigenvalue weighted by Crippen LogP contribution is -2.42. The van der Waals surface area contributed by atoms with Crippen LogP contribution in [0.1, 0.15) is 36.0 Å².